The molecular formula is C21H21Cl2N3O2. The maximum Gasteiger partial charge on any atom is 0.226 e. The summed E-state index contributed by atoms with van der Waals surface area (Å²) in [5.74, 6) is 0.459. The molecule has 0 aliphatic carbocycles. The minimum Gasteiger partial charge on any atom is -0.491 e. The van der Waals surface area contributed by atoms with Crippen LogP contribution < -0.4 is 4.74 Å². The Morgan fingerprint density at radius 2 is 1.89 bits per heavy atom. The Labute approximate surface area is 174 Å². The summed E-state index contributed by atoms with van der Waals surface area (Å²) in [6.07, 6.45) is 3.99. The fraction of sp³-hybridized carbons (Fsp3) is 0.238. The van der Waals surface area contributed by atoms with E-state index in [2.05, 4.69) is 17.2 Å². The van der Waals surface area contributed by atoms with Gasteiger partial charge in [0.25, 0.3) is 0 Å². The molecule has 2 aromatic carbocycles. The van der Waals surface area contributed by atoms with Gasteiger partial charge in [-0.25, -0.2) is 0 Å². The average molecular weight is 418 g/mol. The molecule has 3 rings (SSSR count). The van der Waals surface area contributed by atoms with Gasteiger partial charge in [-0.2, -0.15) is 5.10 Å². The van der Waals surface area contributed by atoms with Crippen LogP contribution in [-0.4, -0.2) is 34.2 Å². The second kappa shape index (κ2) is 9.62. The van der Waals surface area contributed by atoms with Crippen LogP contribution in [0.15, 0.2) is 60.9 Å². The third-order valence-corrected chi connectivity index (χ3v) is 5.01. The highest BCUT2D eigenvalue weighted by Crippen LogP contribution is 2.31. The van der Waals surface area contributed by atoms with Crippen LogP contribution in [0.2, 0.25) is 10.0 Å². The third-order valence-electron chi connectivity index (χ3n) is 4.21. The third kappa shape index (κ3) is 5.50. The maximum atomic E-state index is 12.3. The summed E-state index contributed by atoms with van der Waals surface area (Å²) < 4.78 is 7.45. The van der Waals surface area contributed by atoms with Gasteiger partial charge in [-0.1, -0.05) is 59.6 Å². The Kier molecular flexibility index (Phi) is 6.95. The average Bonchev–Trinajstić information content (AvgIpc) is 3.12. The molecule has 0 radical (unpaired) electrons. The molecule has 0 aliphatic heterocycles. The van der Waals surface area contributed by atoms with Crippen molar-refractivity contribution < 1.29 is 9.53 Å². The molecule has 0 unspecified atom stereocenters. The first-order valence-corrected chi connectivity index (χ1v) is 9.64. The van der Waals surface area contributed by atoms with Gasteiger partial charge >= 0.3 is 0 Å². The van der Waals surface area contributed by atoms with Crippen molar-refractivity contribution in [3.63, 3.8) is 0 Å². The van der Waals surface area contributed by atoms with Gasteiger partial charge in [0, 0.05) is 25.4 Å². The number of nitrogens with zero attached hydrogens (tertiary/aromatic N) is 3. The van der Waals surface area contributed by atoms with Gasteiger partial charge in [0.2, 0.25) is 5.91 Å². The lowest BCUT2D eigenvalue weighted by Gasteiger charge is -2.16. The molecule has 146 valence electrons. The standard InChI is InChI=1S/C21H21Cl2N3O2/c1-25(20(27)10-11-28-19-9-5-8-18(22)21(19)23)13-17-12-24-26(15-17)14-16-6-3-2-4-7-16/h2-9,12,15H,10-11,13-14H2,1H3. The molecule has 0 atom stereocenters. The topological polar surface area (TPSA) is 47.4 Å². The summed E-state index contributed by atoms with van der Waals surface area (Å²) >= 11 is 12.0. The summed E-state index contributed by atoms with van der Waals surface area (Å²) in [6, 6.07) is 15.3. The molecule has 28 heavy (non-hydrogen) atoms. The molecule has 1 amide bonds. The SMILES string of the molecule is CN(Cc1cnn(Cc2ccccc2)c1)C(=O)CCOc1cccc(Cl)c1Cl. The van der Waals surface area contributed by atoms with Crippen LogP contribution in [0.3, 0.4) is 0 Å². The van der Waals surface area contributed by atoms with E-state index >= 15 is 0 Å². The lowest BCUT2D eigenvalue weighted by molar-refractivity contribution is -0.130. The molecule has 0 saturated carbocycles. The van der Waals surface area contributed by atoms with E-state index in [1.54, 1.807) is 36.3 Å². The van der Waals surface area contributed by atoms with Crippen LogP contribution in [0.5, 0.6) is 5.75 Å². The summed E-state index contributed by atoms with van der Waals surface area (Å²) in [4.78, 5) is 14.0. The zero-order chi connectivity index (χ0) is 19.9. The van der Waals surface area contributed by atoms with E-state index < -0.39 is 0 Å². The van der Waals surface area contributed by atoms with E-state index in [4.69, 9.17) is 27.9 Å². The van der Waals surface area contributed by atoms with Crippen LogP contribution in [0, 0.1) is 0 Å². The zero-order valence-corrected chi connectivity index (χ0v) is 17.0. The Balaban J connectivity index is 1.47. The monoisotopic (exact) mass is 417 g/mol. The predicted molar refractivity (Wildman–Crippen MR) is 111 cm³/mol. The van der Waals surface area contributed by atoms with Crippen LogP contribution in [0.4, 0.5) is 0 Å². The summed E-state index contributed by atoms with van der Waals surface area (Å²) in [5, 5.41) is 5.15. The minimum absolute atomic E-state index is 0.0195. The van der Waals surface area contributed by atoms with Crippen molar-refractivity contribution in [3.8, 4) is 5.75 Å². The van der Waals surface area contributed by atoms with E-state index in [0.29, 0.717) is 28.9 Å². The minimum atomic E-state index is -0.0195. The predicted octanol–water partition coefficient (Wildman–Crippen LogP) is 4.67. The molecule has 1 heterocycles. The Morgan fingerprint density at radius 1 is 1.11 bits per heavy atom. The molecule has 0 aliphatic rings. The molecule has 7 heteroatoms. The van der Waals surface area contributed by atoms with Crippen LogP contribution in [0.1, 0.15) is 17.5 Å². The fourth-order valence-corrected chi connectivity index (χ4v) is 3.09. The van der Waals surface area contributed by atoms with Gasteiger partial charge in [0.1, 0.15) is 10.8 Å². The number of halogens is 2. The summed E-state index contributed by atoms with van der Waals surface area (Å²) in [7, 11) is 1.77. The van der Waals surface area contributed by atoms with Gasteiger partial charge in [0.05, 0.1) is 30.8 Å². The highest BCUT2D eigenvalue weighted by Gasteiger charge is 2.12. The second-order valence-corrected chi connectivity index (χ2v) is 7.22. The number of benzene rings is 2. The summed E-state index contributed by atoms with van der Waals surface area (Å²) in [6.45, 7) is 1.43. The van der Waals surface area contributed by atoms with Gasteiger partial charge in [-0.3, -0.25) is 9.48 Å². The van der Waals surface area contributed by atoms with E-state index in [9.17, 15) is 4.79 Å². The van der Waals surface area contributed by atoms with Crippen molar-refractivity contribution in [1.29, 1.82) is 0 Å². The number of carbonyl (C=O) groups excluding carboxylic acids is 1. The highest BCUT2D eigenvalue weighted by atomic mass is 35.5. The number of aromatic nitrogens is 2. The van der Waals surface area contributed by atoms with E-state index in [1.807, 2.05) is 29.1 Å². The maximum absolute atomic E-state index is 12.3. The van der Waals surface area contributed by atoms with E-state index in [0.717, 1.165) is 5.56 Å². The number of hydrogen-bond acceptors (Lipinski definition) is 3. The Hall–Kier alpha value is -2.50. The number of hydrogen-bond donors (Lipinski definition) is 0. The molecule has 0 fully saturated rings. The fourth-order valence-electron chi connectivity index (χ4n) is 2.74. The first kappa shape index (κ1) is 20.2. The molecule has 0 saturated heterocycles. The van der Waals surface area contributed by atoms with Crippen LogP contribution in [-0.2, 0) is 17.9 Å². The van der Waals surface area contributed by atoms with Crippen LogP contribution in [0.25, 0.3) is 0 Å². The largest absolute Gasteiger partial charge is 0.491 e. The number of carbonyl (C=O) groups is 1. The molecule has 0 spiro atoms. The van der Waals surface area contributed by atoms with Gasteiger partial charge in [-0.05, 0) is 17.7 Å². The number of rotatable bonds is 8. The van der Waals surface area contributed by atoms with E-state index in [-0.39, 0.29) is 18.9 Å². The zero-order valence-electron chi connectivity index (χ0n) is 15.5. The van der Waals surface area contributed by atoms with E-state index in [1.165, 1.54) is 5.56 Å². The second-order valence-electron chi connectivity index (χ2n) is 6.43. The van der Waals surface area contributed by atoms with Crippen molar-refractivity contribution in [2.45, 2.75) is 19.5 Å². The van der Waals surface area contributed by atoms with Crippen molar-refractivity contribution in [2.24, 2.45) is 0 Å². The molecule has 5 nitrogen and oxygen atoms in total. The van der Waals surface area contributed by atoms with Crippen molar-refractivity contribution in [1.82, 2.24) is 14.7 Å². The van der Waals surface area contributed by atoms with Crippen molar-refractivity contribution in [2.75, 3.05) is 13.7 Å². The highest BCUT2D eigenvalue weighted by molar-refractivity contribution is 6.42. The van der Waals surface area contributed by atoms with Gasteiger partial charge in [-0.15, -0.1) is 0 Å². The first-order valence-electron chi connectivity index (χ1n) is 8.89. The Bertz CT molecular complexity index is 928. The molecule has 0 N–H and O–H groups in total. The van der Waals surface area contributed by atoms with Gasteiger partial charge < -0.3 is 9.64 Å². The molecule has 1 aromatic heterocycles. The number of amides is 1. The van der Waals surface area contributed by atoms with Crippen molar-refractivity contribution in [3.05, 3.63) is 82.1 Å². The van der Waals surface area contributed by atoms with Gasteiger partial charge in [0.15, 0.2) is 0 Å². The smallest absolute Gasteiger partial charge is 0.226 e. The molecule has 3 aromatic rings. The Morgan fingerprint density at radius 3 is 2.68 bits per heavy atom. The lowest BCUT2D eigenvalue weighted by Crippen LogP contribution is -2.27. The first-order chi connectivity index (χ1) is 13.5. The molecule has 0 bridgehead atoms. The normalized spacial score (nSPS) is 10.7. The quantitative estimate of drug-likeness (QED) is 0.535. The van der Waals surface area contributed by atoms with Crippen molar-refractivity contribution >= 4 is 29.1 Å². The van der Waals surface area contributed by atoms with Crippen LogP contribution >= 0.6 is 23.2 Å². The lowest BCUT2D eigenvalue weighted by atomic mass is 10.2. The summed E-state index contributed by atoms with van der Waals surface area (Å²) in [5.41, 5.74) is 2.16. The number of ether oxygens (including phenoxy) is 1. The molecular weight excluding hydrogens is 397 g/mol.